The van der Waals surface area contributed by atoms with Crippen LogP contribution in [0.4, 0.5) is 0 Å². The molecule has 1 aromatic carbocycles. The quantitative estimate of drug-likeness (QED) is 0.814. The molecule has 0 radical (unpaired) electrons. The summed E-state index contributed by atoms with van der Waals surface area (Å²) in [5, 5.41) is 10.5. The maximum Gasteiger partial charge on any atom is 0.0999 e. The third-order valence-corrected chi connectivity index (χ3v) is 4.75. The van der Waals surface area contributed by atoms with Gasteiger partial charge in [-0.05, 0) is 55.5 Å². The first-order valence-corrected chi connectivity index (χ1v) is 8.42. The molecule has 2 heterocycles. The van der Waals surface area contributed by atoms with E-state index in [9.17, 15) is 5.11 Å². The van der Waals surface area contributed by atoms with Gasteiger partial charge in [-0.1, -0.05) is 24.3 Å². The monoisotopic (exact) mass is 411 g/mol. The molecule has 5 heteroatoms. The second-order valence-electron chi connectivity index (χ2n) is 5.08. The van der Waals surface area contributed by atoms with Gasteiger partial charge in [0, 0.05) is 21.6 Å². The average molecular weight is 413 g/mol. The fraction of sp³-hybridized carbons (Fsp3) is 0.312. The molecule has 21 heavy (non-hydrogen) atoms. The number of ether oxygens (including phenoxy) is 1. The number of aromatic nitrogens is 1. The molecule has 110 valence electrons. The molecule has 0 aliphatic carbocycles. The van der Waals surface area contributed by atoms with E-state index in [1.807, 2.05) is 18.2 Å². The van der Waals surface area contributed by atoms with Crippen molar-refractivity contribution in [1.82, 2.24) is 4.98 Å². The first kappa shape index (κ1) is 15.2. The van der Waals surface area contributed by atoms with Crippen molar-refractivity contribution in [3.63, 3.8) is 0 Å². The highest BCUT2D eigenvalue weighted by molar-refractivity contribution is 9.11. The summed E-state index contributed by atoms with van der Waals surface area (Å²) in [4.78, 5) is 4.30. The lowest BCUT2D eigenvalue weighted by atomic mass is 9.93. The smallest absolute Gasteiger partial charge is 0.0999 e. The van der Waals surface area contributed by atoms with Crippen molar-refractivity contribution in [2.75, 3.05) is 6.61 Å². The fourth-order valence-electron chi connectivity index (χ4n) is 2.66. The molecule has 0 bridgehead atoms. The maximum absolute atomic E-state index is 10.5. The first-order valence-electron chi connectivity index (χ1n) is 6.83. The molecule has 3 nitrogen and oxygen atoms in total. The van der Waals surface area contributed by atoms with Gasteiger partial charge in [0.05, 0.1) is 24.5 Å². The summed E-state index contributed by atoms with van der Waals surface area (Å²) in [7, 11) is 0. The van der Waals surface area contributed by atoms with Crippen LogP contribution in [-0.2, 0) is 11.2 Å². The lowest BCUT2D eigenvalue weighted by Crippen LogP contribution is -2.19. The molecular formula is C16H15Br2NO2. The molecule has 1 aromatic heterocycles. The molecular weight excluding hydrogens is 398 g/mol. The van der Waals surface area contributed by atoms with Crippen LogP contribution in [0.1, 0.15) is 35.4 Å². The van der Waals surface area contributed by atoms with E-state index in [4.69, 9.17) is 4.74 Å². The Kier molecular flexibility index (Phi) is 4.74. The molecule has 2 atom stereocenters. The number of fused-ring (bicyclic) bond motifs is 1. The summed E-state index contributed by atoms with van der Waals surface area (Å²) < 4.78 is 7.53. The Labute approximate surface area is 140 Å². The van der Waals surface area contributed by atoms with Crippen molar-refractivity contribution in [2.45, 2.75) is 25.0 Å². The number of hydrogen-bond donors (Lipinski definition) is 1. The Morgan fingerprint density at radius 2 is 2.14 bits per heavy atom. The van der Waals surface area contributed by atoms with Crippen LogP contribution in [0.3, 0.4) is 0 Å². The third kappa shape index (κ3) is 3.37. The van der Waals surface area contributed by atoms with Crippen LogP contribution in [0.2, 0.25) is 0 Å². The second kappa shape index (κ2) is 6.57. The Balaban J connectivity index is 1.81. The van der Waals surface area contributed by atoms with Gasteiger partial charge in [0.2, 0.25) is 0 Å². The van der Waals surface area contributed by atoms with Gasteiger partial charge in [0.1, 0.15) is 0 Å². The van der Waals surface area contributed by atoms with Crippen LogP contribution in [0.15, 0.2) is 45.5 Å². The van der Waals surface area contributed by atoms with Gasteiger partial charge in [-0.2, -0.15) is 0 Å². The molecule has 2 aromatic rings. The van der Waals surface area contributed by atoms with Gasteiger partial charge in [0.25, 0.3) is 0 Å². The van der Waals surface area contributed by atoms with E-state index in [1.54, 1.807) is 6.20 Å². The number of aliphatic hydroxyl groups is 1. The highest BCUT2D eigenvalue weighted by atomic mass is 79.9. The summed E-state index contributed by atoms with van der Waals surface area (Å²) in [6.07, 6.45) is 2.39. The minimum atomic E-state index is -0.663. The molecule has 0 saturated heterocycles. The summed E-state index contributed by atoms with van der Waals surface area (Å²) in [5.74, 6) is 0. The van der Waals surface area contributed by atoms with Crippen LogP contribution >= 0.6 is 31.9 Å². The van der Waals surface area contributed by atoms with Gasteiger partial charge in [-0.3, -0.25) is 4.98 Å². The molecule has 1 aliphatic rings. The number of benzene rings is 1. The summed E-state index contributed by atoms with van der Waals surface area (Å²) in [6.45, 7) is 0.698. The number of hydrogen-bond acceptors (Lipinski definition) is 3. The lowest BCUT2D eigenvalue weighted by molar-refractivity contribution is 0.00264. The van der Waals surface area contributed by atoms with E-state index < -0.39 is 6.10 Å². The van der Waals surface area contributed by atoms with E-state index >= 15 is 0 Å². The van der Waals surface area contributed by atoms with Crippen molar-refractivity contribution in [3.05, 3.63) is 62.3 Å². The molecule has 0 spiro atoms. The number of nitrogens with zero attached hydrogens (tertiary/aromatic N) is 1. The summed E-state index contributed by atoms with van der Waals surface area (Å²) >= 11 is 6.82. The Hall–Kier alpha value is -0.750. The minimum absolute atomic E-state index is 0.0812. The lowest BCUT2D eigenvalue weighted by Gasteiger charge is -2.27. The Bertz CT molecular complexity index is 648. The van der Waals surface area contributed by atoms with E-state index in [0.717, 1.165) is 15.4 Å². The van der Waals surface area contributed by atoms with Gasteiger partial charge >= 0.3 is 0 Å². The highest BCUT2D eigenvalue weighted by Gasteiger charge is 2.25. The maximum atomic E-state index is 10.5. The van der Waals surface area contributed by atoms with E-state index in [1.165, 1.54) is 11.1 Å². The van der Waals surface area contributed by atoms with Crippen molar-refractivity contribution in [1.29, 1.82) is 0 Å². The summed E-state index contributed by atoms with van der Waals surface area (Å²) in [5.41, 5.74) is 3.13. The van der Waals surface area contributed by atoms with Crippen LogP contribution in [0.25, 0.3) is 0 Å². The zero-order valence-electron chi connectivity index (χ0n) is 11.3. The topological polar surface area (TPSA) is 42.4 Å². The van der Waals surface area contributed by atoms with Crippen molar-refractivity contribution >= 4 is 31.9 Å². The SMILES string of the molecule is OC(CC1OCCc2ccccc21)c1ncc(Br)cc1Br. The normalized spacial score (nSPS) is 19.1. The standard InChI is InChI=1S/C16H15Br2NO2/c17-11-7-13(18)16(19-9-11)14(20)8-15-12-4-2-1-3-10(12)5-6-21-15/h1-4,7,9,14-15,20H,5-6,8H2. The van der Waals surface area contributed by atoms with Crippen LogP contribution < -0.4 is 0 Å². The molecule has 1 N–H and O–H groups in total. The van der Waals surface area contributed by atoms with Gasteiger partial charge in [0.15, 0.2) is 0 Å². The first-order chi connectivity index (χ1) is 10.1. The molecule has 1 aliphatic heterocycles. The van der Waals surface area contributed by atoms with E-state index in [2.05, 4.69) is 49.0 Å². The molecule has 0 fully saturated rings. The summed E-state index contributed by atoms with van der Waals surface area (Å²) in [6, 6.07) is 10.2. The number of halogens is 2. The minimum Gasteiger partial charge on any atom is -0.387 e. The zero-order valence-corrected chi connectivity index (χ0v) is 14.5. The van der Waals surface area contributed by atoms with Crippen molar-refractivity contribution in [2.24, 2.45) is 0 Å². The molecule has 0 amide bonds. The van der Waals surface area contributed by atoms with Crippen LogP contribution in [-0.4, -0.2) is 16.7 Å². The average Bonchev–Trinajstić information content (AvgIpc) is 2.47. The van der Waals surface area contributed by atoms with Gasteiger partial charge < -0.3 is 9.84 Å². The Morgan fingerprint density at radius 1 is 1.33 bits per heavy atom. The highest BCUT2D eigenvalue weighted by Crippen LogP contribution is 2.35. The van der Waals surface area contributed by atoms with Gasteiger partial charge in [-0.25, -0.2) is 0 Å². The fourth-order valence-corrected chi connectivity index (χ4v) is 3.91. The Morgan fingerprint density at radius 3 is 2.95 bits per heavy atom. The largest absolute Gasteiger partial charge is 0.387 e. The number of pyridine rings is 1. The molecule has 2 unspecified atom stereocenters. The van der Waals surface area contributed by atoms with Crippen molar-refractivity contribution in [3.8, 4) is 0 Å². The third-order valence-electron chi connectivity index (χ3n) is 3.68. The van der Waals surface area contributed by atoms with Crippen molar-refractivity contribution < 1.29 is 9.84 Å². The van der Waals surface area contributed by atoms with Crippen LogP contribution in [0, 0.1) is 0 Å². The number of rotatable bonds is 3. The predicted octanol–water partition coefficient (Wildman–Crippen LogP) is 4.34. The second-order valence-corrected chi connectivity index (χ2v) is 6.85. The zero-order chi connectivity index (χ0) is 14.8. The van der Waals surface area contributed by atoms with E-state index in [0.29, 0.717) is 18.7 Å². The molecule has 0 saturated carbocycles. The number of aliphatic hydroxyl groups excluding tert-OH is 1. The predicted molar refractivity (Wildman–Crippen MR) is 88.1 cm³/mol. The van der Waals surface area contributed by atoms with Gasteiger partial charge in [-0.15, -0.1) is 0 Å². The molecule has 3 rings (SSSR count). The van der Waals surface area contributed by atoms with E-state index in [-0.39, 0.29) is 6.10 Å². The van der Waals surface area contributed by atoms with Crippen LogP contribution in [0.5, 0.6) is 0 Å².